The Morgan fingerprint density at radius 3 is 2.88 bits per heavy atom. The molecule has 0 spiro atoms. The summed E-state index contributed by atoms with van der Waals surface area (Å²) in [6.07, 6.45) is 5.02. The van der Waals surface area contributed by atoms with Crippen LogP contribution in [0.5, 0.6) is 0 Å². The molecule has 0 saturated heterocycles. The Kier molecular flexibility index (Phi) is 2.69. The van der Waals surface area contributed by atoms with E-state index in [9.17, 15) is 0 Å². The van der Waals surface area contributed by atoms with Gasteiger partial charge in [0.1, 0.15) is 0 Å². The number of aryl methyl sites for hydroxylation is 1. The van der Waals surface area contributed by atoms with Crippen LogP contribution >= 0.6 is 0 Å². The minimum atomic E-state index is 0.632. The highest BCUT2D eigenvalue weighted by atomic mass is 15.1. The number of rotatable bonds is 4. The molecule has 0 aliphatic heterocycles. The molecule has 2 atom stereocenters. The smallest absolute Gasteiger partial charge is 0.0945 e. The quantitative estimate of drug-likeness (QED) is 0.866. The van der Waals surface area contributed by atoms with Gasteiger partial charge >= 0.3 is 0 Å². The number of nitrogens with one attached hydrogen (secondary N) is 1. The largest absolute Gasteiger partial charge is 0.337 e. The molecule has 1 aliphatic rings. The summed E-state index contributed by atoms with van der Waals surface area (Å²) in [4.78, 5) is 4.12. The van der Waals surface area contributed by atoms with Crippen molar-refractivity contribution < 1.29 is 0 Å². The molecule has 1 saturated carbocycles. The second-order valence-electron chi connectivity index (χ2n) is 4.74. The normalized spacial score (nSPS) is 22.6. The lowest BCUT2D eigenvalue weighted by molar-refractivity contribution is 0.640. The van der Waals surface area contributed by atoms with Gasteiger partial charge < -0.3 is 9.88 Å². The Bertz CT molecular complexity index is 489. The number of imidazole rings is 1. The van der Waals surface area contributed by atoms with Crippen molar-refractivity contribution in [2.45, 2.75) is 24.9 Å². The van der Waals surface area contributed by atoms with Crippen LogP contribution in [-0.2, 0) is 13.6 Å². The molecule has 1 aromatic heterocycles. The van der Waals surface area contributed by atoms with Crippen LogP contribution in [0.3, 0.4) is 0 Å². The Morgan fingerprint density at radius 1 is 1.35 bits per heavy atom. The highest BCUT2D eigenvalue weighted by Crippen LogP contribution is 2.40. The highest BCUT2D eigenvalue weighted by Gasteiger charge is 2.37. The summed E-state index contributed by atoms with van der Waals surface area (Å²) in [7, 11) is 2.03. The molecular formula is C14H17N3. The first-order valence-electron chi connectivity index (χ1n) is 6.08. The second-order valence-corrected chi connectivity index (χ2v) is 4.74. The van der Waals surface area contributed by atoms with Crippen molar-refractivity contribution in [2.24, 2.45) is 7.05 Å². The molecule has 2 aromatic rings. The van der Waals surface area contributed by atoms with Crippen LogP contribution in [0.1, 0.15) is 23.6 Å². The van der Waals surface area contributed by atoms with Crippen molar-refractivity contribution in [1.82, 2.24) is 14.9 Å². The minimum Gasteiger partial charge on any atom is -0.337 e. The molecule has 1 aromatic carbocycles. The standard InChI is InChI=1S/C14H17N3/c1-17-10-15-8-12(17)9-16-14-7-13(14)11-5-3-2-4-6-11/h2-6,8,10,13-14,16H,7,9H2,1H3. The van der Waals surface area contributed by atoms with E-state index in [0.717, 1.165) is 6.54 Å². The zero-order chi connectivity index (χ0) is 11.7. The molecule has 0 radical (unpaired) electrons. The van der Waals surface area contributed by atoms with Gasteiger partial charge in [-0.25, -0.2) is 4.98 Å². The van der Waals surface area contributed by atoms with Crippen molar-refractivity contribution in [3.63, 3.8) is 0 Å². The van der Waals surface area contributed by atoms with Gasteiger partial charge in [0.2, 0.25) is 0 Å². The van der Waals surface area contributed by atoms with Crippen LogP contribution in [0.2, 0.25) is 0 Å². The number of nitrogens with zero attached hydrogens (tertiary/aromatic N) is 2. The monoisotopic (exact) mass is 227 g/mol. The first kappa shape index (κ1) is 10.5. The third kappa shape index (κ3) is 2.24. The fraction of sp³-hybridized carbons (Fsp3) is 0.357. The Balaban J connectivity index is 1.55. The molecule has 0 amide bonds. The maximum Gasteiger partial charge on any atom is 0.0945 e. The number of benzene rings is 1. The van der Waals surface area contributed by atoms with Gasteiger partial charge in [0, 0.05) is 31.7 Å². The topological polar surface area (TPSA) is 29.9 Å². The van der Waals surface area contributed by atoms with Gasteiger partial charge in [-0.3, -0.25) is 0 Å². The van der Waals surface area contributed by atoms with E-state index in [2.05, 4.69) is 45.2 Å². The molecular weight excluding hydrogens is 210 g/mol. The molecule has 1 fully saturated rings. The predicted octanol–water partition coefficient (Wildman–Crippen LogP) is 2.07. The van der Waals surface area contributed by atoms with E-state index in [1.165, 1.54) is 17.7 Å². The third-order valence-corrected chi connectivity index (χ3v) is 3.48. The van der Waals surface area contributed by atoms with Gasteiger partial charge in [-0.05, 0) is 12.0 Å². The van der Waals surface area contributed by atoms with Gasteiger partial charge in [-0.2, -0.15) is 0 Å². The molecule has 17 heavy (non-hydrogen) atoms. The van der Waals surface area contributed by atoms with Gasteiger partial charge in [-0.15, -0.1) is 0 Å². The van der Waals surface area contributed by atoms with E-state index in [4.69, 9.17) is 0 Å². The zero-order valence-electron chi connectivity index (χ0n) is 10.0. The van der Waals surface area contributed by atoms with Crippen molar-refractivity contribution in [3.05, 3.63) is 54.1 Å². The molecule has 0 bridgehead atoms. The summed E-state index contributed by atoms with van der Waals surface area (Å²) in [5.74, 6) is 0.699. The van der Waals surface area contributed by atoms with Crippen LogP contribution in [0, 0.1) is 0 Å². The Labute approximate surface area is 101 Å². The van der Waals surface area contributed by atoms with E-state index >= 15 is 0 Å². The average Bonchev–Trinajstić information content (AvgIpc) is 3.04. The fourth-order valence-corrected chi connectivity index (χ4v) is 2.28. The third-order valence-electron chi connectivity index (χ3n) is 3.48. The van der Waals surface area contributed by atoms with Crippen molar-refractivity contribution in [1.29, 1.82) is 0 Å². The summed E-state index contributed by atoms with van der Waals surface area (Å²) < 4.78 is 2.06. The van der Waals surface area contributed by atoms with Crippen molar-refractivity contribution >= 4 is 0 Å². The Hall–Kier alpha value is -1.61. The average molecular weight is 227 g/mol. The Morgan fingerprint density at radius 2 is 2.18 bits per heavy atom. The molecule has 1 N–H and O–H groups in total. The van der Waals surface area contributed by atoms with Crippen molar-refractivity contribution in [3.8, 4) is 0 Å². The molecule has 88 valence electrons. The second kappa shape index (κ2) is 4.34. The minimum absolute atomic E-state index is 0.632. The summed E-state index contributed by atoms with van der Waals surface area (Å²) in [6.45, 7) is 0.907. The molecule has 3 rings (SSSR count). The van der Waals surface area contributed by atoms with Crippen LogP contribution in [0.15, 0.2) is 42.9 Å². The highest BCUT2D eigenvalue weighted by molar-refractivity contribution is 5.27. The van der Waals surface area contributed by atoms with E-state index in [0.29, 0.717) is 12.0 Å². The van der Waals surface area contributed by atoms with E-state index in [1.807, 2.05) is 19.6 Å². The first-order chi connectivity index (χ1) is 8.34. The molecule has 3 heteroatoms. The summed E-state index contributed by atoms with van der Waals surface area (Å²) in [6, 6.07) is 11.4. The lowest BCUT2D eigenvalue weighted by Crippen LogP contribution is -2.18. The molecule has 1 heterocycles. The van der Waals surface area contributed by atoms with E-state index in [1.54, 1.807) is 0 Å². The van der Waals surface area contributed by atoms with Gasteiger partial charge in [0.05, 0.1) is 12.0 Å². The zero-order valence-corrected chi connectivity index (χ0v) is 10.0. The maximum absolute atomic E-state index is 4.12. The van der Waals surface area contributed by atoms with Crippen molar-refractivity contribution in [2.75, 3.05) is 0 Å². The van der Waals surface area contributed by atoms with E-state index in [-0.39, 0.29) is 0 Å². The first-order valence-corrected chi connectivity index (χ1v) is 6.08. The number of hydrogen-bond acceptors (Lipinski definition) is 2. The lowest BCUT2D eigenvalue weighted by Gasteiger charge is -2.05. The van der Waals surface area contributed by atoms with Gasteiger partial charge in [0.25, 0.3) is 0 Å². The van der Waals surface area contributed by atoms with Crippen LogP contribution in [0.4, 0.5) is 0 Å². The summed E-state index contributed by atoms with van der Waals surface area (Å²) in [5, 5.41) is 3.59. The fourth-order valence-electron chi connectivity index (χ4n) is 2.28. The molecule has 3 nitrogen and oxygen atoms in total. The summed E-state index contributed by atoms with van der Waals surface area (Å²) >= 11 is 0. The van der Waals surface area contributed by atoms with Gasteiger partial charge in [-0.1, -0.05) is 30.3 Å². The molecule has 2 unspecified atom stereocenters. The van der Waals surface area contributed by atoms with Crippen LogP contribution in [0.25, 0.3) is 0 Å². The lowest BCUT2D eigenvalue weighted by atomic mass is 10.1. The number of hydrogen-bond donors (Lipinski definition) is 1. The van der Waals surface area contributed by atoms with Crippen LogP contribution < -0.4 is 5.32 Å². The van der Waals surface area contributed by atoms with E-state index < -0.39 is 0 Å². The molecule has 1 aliphatic carbocycles. The SMILES string of the molecule is Cn1cncc1CNC1CC1c1ccccc1. The van der Waals surface area contributed by atoms with Gasteiger partial charge in [0.15, 0.2) is 0 Å². The predicted molar refractivity (Wildman–Crippen MR) is 67.6 cm³/mol. The maximum atomic E-state index is 4.12. The summed E-state index contributed by atoms with van der Waals surface area (Å²) in [5.41, 5.74) is 2.69. The van der Waals surface area contributed by atoms with Crippen LogP contribution in [-0.4, -0.2) is 15.6 Å². The number of aromatic nitrogens is 2.